The molecule has 0 fully saturated rings. The van der Waals surface area contributed by atoms with Crippen LogP contribution in [0.15, 0.2) is 54.6 Å². The zero-order valence-electron chi connectivity index (χ0n) is 11.4. The molecule has 0 aromatic heterocycles. The van der Waals surface area contributed by atoms with Crippen LogP contribution in [0, 0.1) is 0 Å². The van der Waals surface area contributed by atoms with Crippen LogP contribution in [0.2, 0.25) is 0 Å². The summed E-state index contributed by atoms with van der Waals surface area (Å²) in [7, 11) is 0. The monoisotopic (exact) mass is 269 g/mol. The van der Waals surface area contributed by atoms with Gasteiger partial charge < -0.3 is 10.4 Å². The predicted molar refractivity (Wildman–Crippen MR) is 79.8 cm³/mol. The summed E-state index contributed by atoms with van der Waals surface area (Å²) in [6.45, 7) is 0.686. The Morgan fingerprint density at radius 3 is 2.35 bits per heavy atom. The molecule has 0 spiro atoms. The van der Waals surface area contributed by atoms with Crippen LogP contribution in [0.1, 0.15) is 28.8 Å². The number of aromatic hydroxyl groups is 1. The molecule has 0 atom stereocenters. The molecule has 0 unspecified atom stereocenters. The number of carbonyl (C=O) groups excluding carboxylic acids is 1. The third kappa shape index (κ3) is 4.43. The minimum atomic E-state index is -0.0183. The van der Waals surface area contributed by atoms with Gasteiger partial charge in [0.15, 0.2) is 0 Å². The molecule has 20 heavy (non-hydrogen) atoms. The largest absolute Gasteiger partial charge is 0.508 e. The molecule has 2 N–H and O–H groups in total. The molecule has 0 heterocycles. The van der Waals surface area contributed by atoms with Crippen molar-refractivity contribution in [3.8, 4) is 5.75 Å². The van der Waals surface area contributed by atoms with Crippen molar-refractivity contribution in [1.29, 1.82) is 0 Å². The number of unbranched alkanes of at least 4 members (excludes halogenated alkanes) is 1. The highest BCUT2D eigenvalue weighted by Gasteiger charge is 2.02. The minimum absolute atomic E-state index is 0.0183. The average Bonchev–Trinajstić information content (AvgIpc) is 2.49. The van der Waals surface area contributed by atoms with E-state index >= 15 is 0 Å². The van der Waals surface area contributed by atoms with E-state index in [0.717, 1.165) is 19.3 Å². The van der Waals surface area contributed by atoms with E-state index in [-0.39, 0.29) is 5.91 Å². The Balaban J connectivity index is 1.64. The minimum Gasteiger partial charge on any atom is -0.508 e. The van der Waals surface area contributed by atoms with Crippen LogP contribution in [0.4, 0.5) is 0 Å². The lowest BCUT2D eigenvalue weighted by molar-refractivity contribution is 0.0953. The number of hydrogen-bond acceptors (Lipinski definition) is 2. The summed E-state index contributed by atoms with van der Waals surface area (Å²) in [5.41, 5.74) is 1.91. The van der Waals surface area contributed by atoms with Crippen LogP contribution in [0.3, 0.4) is 0 Å². The number of nitrogens with one attached hydrogen (secondary N) is 1. The summed E-state index contributed by atoms with van der Waals surface area (Å²) in [6.07, 6.45) is 2.92. The third-order valence-corrected chi connectivity index (χ3v) is 3.15. The van der Waals surface area contributed by atoms with Gasteiger partial charge in [-0.25, -0.2) is 0 Å². The van der Waals surface area contributed by atoms with E-state index in [1.165, 1.54) is 5.56 Å². The van der Waals surface area contributed by atoms with Crippen LogP contribution in [-0.2, 0) is 6.42 Å². The fraction of sp³-hybridized carbons (Fsp3) is 0.235. The Kier molecular flexibility index (Phi) is 5.18. The van der Waals surface area contributed by atoms with Gasteiger partial charge in [-0.05, 0) is 49.1 Å². The molecule has 2 rings (SSSR count). The number of phenols is 1. The molecular formula is C17H19NO2. The summed E-state index contributed by atoms with van der Waals surface area (Å²) in [5, 5.41) is 12.1. The second-order valence-corrected chi connectivity index (χ2v) is 4.75. The summed E-state index contributed by atoms with van der Waals surface area (Å²) in [6, 6.07) is 16.5. The predicted octanol–water partition coefficient (Wildman–Crippen LogP) is 3.14. The third-order valence-electron chi connectivity index (χ3n) is 3.15. The lowest BCUT2D eigenvalue weighted by Gasteiger charge is -2.05. The van der Waals surface area contributed by atoms with Gasteiger partial charge >= 0.3 is 0 Å². The zero-order chi connectivity index (χ0) is 14.2. The van der Waals surface area contributed by atoms with Crippen molar-refractivity contribution in [2.24, 2.45) is 0 Å². The van der Waals surface area contributed by atoms with Crippen molar-refractivity contribution < 1.29 is 9.90 Å². The molecule has 0 aliphatic rings. The lowest BCUT2D eigenvalue weighted by Crippen LogP contribution is -2.24. The van der Waals surface area contributed by atoms with Crippen LogP contribution < -0.4 is 5.32 Å². The number of aryl methyl sites for hydroxylation is 1. The molecule has 104 valence electrons. The Morgan fingerprint density at radius 1 is 0.950 bits per heavy atom. The van der Waals surface area contributed by atoms with Crippen molar-refractivity contribution in [2.75, 3.05) is 6.54 Å². The maximum atomic E-state index is 11.8. The fourth-order valence-electron chi connectivity index (χ4n) is 2.01. The van der Waals surface area contributed by atoms with Crippen molar-refractivity contribution in [3.05, 3.63) is 65.7 Å². The molecule has 0 aliphatic carbocycles. The van der Waals surface area contributed by atoms with Gasteiger partial charge in [0.1, 0.15) is 5.75 Å². The Bertz CT molecular complexity index is 535. The standard InChI is InChI=1S/C17H19NO2/c19-16-11-9-14(10-12-16)6-4-5-13-18-17(20)15-7-2-1-3-8-15/h1-3,7-12,19H,4-6,13H2,(H,18,20). The molecule has 2 aromatic carbocycles. The highest BCUT2D eigenvalue weighted by Crippen LogP contribution is 2.11. The normalized spacial score (nSPS) is 10.2. The van der Waals surface area contributed by atoms with Crippen molar-refractivity contribution in [2.45, 2.75) is 19.3 Å². The number of amides is 1. The number of hydrogen-bond donors (Lipinski definition) is 2. The number of rotatable bonds is 6. The van der Waals surface area contributed by atoms with Gasteiger partial charge in [0.2, 0.25) is 0 Å². The SMILES string of the molecule is O=C(NCCCCc1ccc(O)cc1)c1ccccc1. The summed E-state index contributed by atoms with van der Waals surface area (Å²) < 4.78 is 0. The van der Waals surface area contributed by atoms with E-state index < -0.39 is 0 Å². The van der Waals surface area contributed by atoms with E-state index in [1.807, 2.05) is 42.5 Å². The Labute approximate surface area is 119 Å². The van der Waals surface area contributed by atoms with E-state index in [2.05, 4.69) is 5.32 Å². The van der Waals surface area contributed by atoms with Gasteiger partial charge in [-0.15, -0.1) is 0 Å². The average molecular weight is 269 g/mol. The van der Waals surface area contributed by atoms with Gasteiger partial charge in [0, 0.05) is 12.1 Å². The van der Waals surface area contributed by atoms with E-state index in [0.29, 0.717) is 17.9 Å². The summed E-state index contributed by atoms with van der Waals surface area (Å²) in [4.78, 5) is 11.8. The smallest absolute Gasteiger partial charge is 0.251 e. The highest BCUT2D eigenvalue weighted by atomic mass is 16.3. The van der Waals surface area contributed by atoms with E-state index in [4.69, 9.17) is 0 Å². The molecule has 0 radical (unpaired) electrons. The number of phenolic OH excluding ortho intramolecular Hbond substituents is 1. The first-order valence-electron chi connectivity index (χ1n) is 6.87. The maximum absolute atomic E-state index is 11.8. The highest BCUT2D eigenvalue weighted by molar-refractivity contribution is 5.94. The lowest BCUT2D eigenvalue weighted by atomic mass is 10.1. The molecule has 0 bridgehead atoms. The summed E-state index contributed by atoms with van der Waals surface area (Å²) in [5.74, 6) is 0.277. The van der Waals surface area contributed by atoms with Gasteiger partial charge in [-0.3, -0.25) is 4.79 Å². The van der Waals surface area contributed by atoms with Gasteiger partial charge in [0.05, 0.1) is 0 Å². The van der Waals surface area contributed by atoms with Crippen LogP contribution in [0.5, 0.6) is 5.75 Å². The molecular weight excluding hydrogens is 250 g/mol. The molecule has 2 aromatic rings. The fourth-order valence-corrected chi connectivity index (χ4v) is 2.01. The van der Waals surface area contributed by atoms with Crippen LogP contribution >= 0.6 is 0 Å². The topological polar surface area (TPSA) is 49.3 Å². The number of carbonyl (C=O) groups is 1. The first-order valence-corrected chi connectivity index (χ1v) is 6.87. The van der Waals surface area contributed by atoms with Crippen molar-refractivity contribution in [3.63, 3.8) is 0 Å². The van der Waals surface area contributed by atoms with Gasteiger partial charge in [-0.2, -0.15) is 0 Å². The van der Waals surface area contributed by atoms with Crippen LogP contribution in [-0.4, -0.2) is 17.6 Å². The van der Waals surface area contributed by atoms with E-state index in [9.17, 15) is 9.90 Å². The van der Waals surface area contributed by atoms with Crippen molar-refractivity contribution in [1.82, 2.24) is 5.32 Å². The molecule has 0 saturated heterocycles. The molecule has 0 aliphatic heterocycles. The van der Waals surface area contributed by atoms with Gasteiger partial charge in [0.25, 0.3) is 5.91 Å². The second kappa shape index (κ2) is 7.34. The van der Waals surface area contributed by atoms with Crippen molar-refractivity contribution >= 4 is 5.91 Å². The maximum Gasteiger partial charge on any atom is 0.251 e. The first-order chi connectivity index (χ1) is 9.75. The Morgan fingerprint density at radius 2 is 1.65 bits per heavy atom. The van der Waals surface area contributed by atoms with Gasteiger partial charge in [-0.1, -0.05) is 30.3 Å². The quantitative estimate of drug-likeness (QED) is 0.791. The second-order valence-electron chi connectivity index (χ2n) is 4.75. The summed E-state index contributed by atoms with van der Waals surface area (Å²) >= 11 is 0. The van der Waals surface area contributed by atoms with Crippen LogP contribution in [0.25, 0.3) is 0 Å². The zero-order valence-corrected chi connectivity index (χ0v) is 11.4. The molecule has 3 nitrogen and oxygen atoms in total. The number of benzene rings is 2. The molecule has 1 amide bonds. The Hall–Kier alpha value is -2.29. The van der Waals surface area contributed by atoms with E-state index in [1.54, 1.807) is 12.1 Å². The molecule has 0 saturated carbocycles. The molecule has 3 heteroatoms. The first kappa shape index (κ1) is 14.1.